The maximum absolute atomic E-state index is 12.5. The van der Waals surface area contributed by atoms with Crippen LogP contribution in [-0.4, -0.2) is 16.1 Å². The third-order valence-corrected chi connectivity index (χ3v) is 2.03. The van der Waals surface area contributed by atoms with E-state index in [-0.39, 0.29) is 0 Å². The lowest BCUT2D eigenvalue weighted by molar-refractivity contribution is -0.141. The zero-order valence-electron chi connectivity index (χ0n) is 8.52. The van der Waals surface area contributed by atoms with Gasteiger partial charge in [-0.05, 0) is 0 Å². The van der Waals surface area contributed by atoms with Gasteiger partial charge in [0, 0.05) is 11.8 Å². The van der Waals surface area contributed by atoms with Gasteiger partial charge in [0.15, 0.2) is 5.43 Å². The van der Waals surface area contributed by atoms with Crippen LogP contribution in [0.15, 0.2) is 11.0 Å². The van der Waals surface area contributed by atoms with Crippen LogP contribution in [0.2, 0.25) is 0 Å². The van der Waals surface area contributed by atoms with Gasteiger partial charge < -0.3 is 10.1 Å². The molecule has 1 heterocycles. The van der Waals surface area contributed by atoms with E-state index in [1.54, 1.807) is 4.98 Å². The second-order valence-electron chi connectivity index (χ2n) is 3.30. The number of hydrogen-bond acceptors (Lipinski definition) is 2. The maximum Gasteiger partial charge on any atom is 0.422 e. The summed E-state index contributed by atoms with van der Waals surface area (Å²) >= 11 is 0. The molecule has 2 N–H and O–H groups in total. The van der Waals surface area contributed by atoms with E-state index in [1.807, 2.05) is 0 Å². The zero-order chi connectivity index (χ0) is 14.1. The van der Waals surface area contributed by atoms with Gasteiger partial charge in [0.25, 0.3) is 6.43 Å². The van der Waals surface area contributed by atoms with Crippen molar-refractivity contribution in [1.82, 2.24) is 4.98 Å². The highest BCUT2D eigenvalue weighted by Crippen LogP contribution is 2.33. The van der Waals surface area contributed by atoms with Crippen molar-refractivity contribution in [3.05, 3.63) is 33.2 Å². The minimum absolute atomic E-state index is 0.549. The molecule has 0 bridgehead atoms. The molecule has 0 aromatic carbocycles. The lowest BCUT2D eigenvalue weighted by Gasteiger charge is -2.12. The predicted molar refractivity (Wildman–Crippen MR) is 48.4 cm³/mol. The van der Waals surface area contributed by atoms with E-state index in [0.717, 1.165) is 0 Å². The van der Waals surface area contributed by atoms with Gasteiger partial charge in [-0.2, -0.15) is 13.2 Å². The first-order valence-corrected chi connectivity index (χ1v) is 4.46. The first-order valence-electron chi connectivity index (χ1n) is 4.46. The number of aromatic nitrogens is 1. The monoisotopic (exact) mass is 271 g/mol. The van der Waals surface area contributed by atoms with Gasteiger partial charge in [0.05, 0.1) is 12.1 Å². The van der Waals surface area contributed by atoms with Crippen LogP contribution in [0.4, 0.5) is 22.0 Å². The van der Waals surface area contributed by atoms with E-state index < -0.39 is 47.2 Å². The summed E-state index contributed by atoms with van der Waals surface area (Å²) < 4.78 is 62.1. The molecule has 0 unspecified atom stereocenters. The van der Waals surface area contributed by atoms with Gasteiger partial charge in [-0.25, -0.2) is 8.78 Å². The molecule has 1 aromatic heterocycles. The Balaban J connectivity index is 3.51. The number of carboxylic acid groups (broad SMARTS) is 1. The second kappa shape index (κ2) is 4.75. The van der Waals surface area contributed by atoms with Gasteiger partial charge in [-0.1, -0.05) is 0 Å². The van der Waals surface area contributed by atoms with Crippen LogP contribution in [0, 0.1) is 0 Å². The number of halogens is 5. The third-order valence-electron chi connectivity index (χ3n) is 2.03. The fourth-order valence-corrected chi connectivity index (χ4v) is 1.33. The number of rotatable bonds is 3. The number of carbonyl (C=O) groups is 1. The van der Waals surface area contributed by atoms with E-state index >= 15 is 0 Å². The number of carboxylic acids is 1. The van der Waals surface area contributed by atoms with Crippen molar-refractivity contribution in [3.8, 4) is 0 Å². The number of nitrogens with one attached hydrogen (secondary N) is 1. The Morgan fingerprint density at radius 2 is 1.94 bits per heavy atom. The Kier molecular flexibility index (Phi) is 3.73. The largest absolute Gasteiger partial charge is 0.481 e. The molecule has 0 saturated heterocycles. The highest BCUT2D eigenvalue weighted by molar-refractivity contribution is 5.70. The molecule has 0 atom stereocenters. The molecule has 0 aliphatic carbocycles. The SMILES string of the molecule is O=C(O)Cc1c[nH]c(C(F)F)c(C(F)(F)F)c1=O. The Morgan fingerprint density at radius 1 is 1.39 bits per heavy atom. The van der Waals surface area contributed by atoms with Crippen LogP contribution >= 0.6 is 0 Å². The zero-order valence-corrected chi connectivity index (χ0v) is 8.52. The molecular formula is C9H6F5NO3. The number of alkyl halides is 5. The van der Waals surface area contributed by atoms with Crippen molar-refractivity contribution in [2.45, 2.75) is 19.0 Å². The van der Waals surface area contributed by atoms with E-state index in [9.17, 15) is 31.5 Å². The Morgan fingerprint density at radius 3 is 2.33 bits per heavy atom. The minimum Gasteiger partial charge on any atom is -0.481 e. The lowest BCUT2D eigenvalue weighted by Crippen LogP contribution is -2.27. The first-order chi connectivity index (χ1) is 8.14. The van der Waals surface area contributed by atoms with Crippen LogP contribution in [0.3, 0.4) is 0 Å². The summed E-state index contributed by atoms with van der Waals surface area (Å²) in [6, 6.07) is 0. The Bertz CT molecular complexity index is 520. The van der Waals surface area contributed by atoms with Crippen molar-refractivity contribution in [2.75, 3.05) is 0 Å². The molecule has 18 heavy (non-hydrogen) atoms. The minimum atomic E-state index is -5.28. The van der Waals surface area contributed by atoms with Crippen molar-refractivity contribution in [3.63, 3.8) is 0 Å². The summed E-state index contributed by atoms with van der Waals surface area (Å²) in [5.74, 6) is -1.54. The van der Waals surface area contributed by atoms with Crippen LogP contribution in [0.25, 0.3) is 0 Å². The summed E-state index contributed by atoms with van der Waals surface area (Å²) in [6.45, 7) is 0. The van der Waals surface area contributed by atoms with Crippen LogP contribution in [0.5, 0.6) is 0 Å². The van der Waals surface area contributed by atoms with Crippen molar-refractivity contribution in [2.24, 2.45) is 0 Å². The average Bonchev–Trinajstić information content (AvgIpc) is 2.17. The molecule has 9 heteroatoms. The van der Waals surface area contributed by atoms with Gasteiger partial charge >= 0.3 is 12.1 Å². The number of aliphatic carboxylic acids is 1. The molecule has 0 aliphatic rings. The molecule has 0 fully saturated rings. The summed E-state index contributed by atoms with van der Waals surface area (Å²) in [4.78, 5) is 23.3. The smallest absolute Gasteiger partial charge is 0.422 e. The van der Waals surface area contributed by atoms with Crippen molar-refractivity contribution in [1.29, 1.82) is 0 Å². The first kappa shape index (κ1) is 14.1. The van der Waals surface area contributed by atoms with E-state index in [0.29, 0.717) is 6.20 Å². The van der Waals surface area contributed by atoms with Crippen molar-refractivity contribution < 1.29 is 31.9 Å². The Labute approximate surface area is 96.1 Å². The molecule has 0 saturated carbocycles. The molecule has 4 nitrogen and oxygen atoms in total. The Hall–Kier alpha value is -1.93. The van der Waals surface area contributed by atoms with Gasteiger partial charge in [0.1, 0.15) is 5.56 Å². The van der Waals surface area contributed by atoms with E-state index in [2.05, 4.69) is 0 Å². The number of aromatic amines is 1. The van der Waals surface area contributed by atoms with Gasteiger partial charge in [0.2, 0.25) is 0 Å². The topological polar surface area (TPSA) is 70.2 Å². The van der Waals surface area contributed by atoms with Gasteiger partial charge in [-0.3, -0.25) is 9.59 Å². The van der Waals surface area contributed by atoms with Crippen LogP contribution < -0.4 is 5.43 Å². The number of H-pyrrole nitrogens is 1. The van der Waals surface area contributed by atoms with E-state index in [1.165, 1.54) is 0 Å². The van der Waals surface area contributed by atoms with Crippen LogP contribution in [0.1, 0.15) is 23.2 Å². The summed E-state index contributed by atoms with van der Waals surface area (Å²) in [5.41, 5.74) is -6.11. The van der Waals surface area contributed by atoms with Crippen molar-refractivity contribution >= 4 is 5.97 Å². The third kappa shape index (κ3) is 2.84. The molecular weight excluding hydrogens is 265 g/mol. The highest BCUT2D eigenvalue weighted by Gasteiger charge is 2.40. The molecule has 1 aromatic rings. The number of hydrogen-bond donors (Lipinski definition) is 2. The lowest BCUT2D eigenvalue weighted by atomic mass is 10.1. The quantitative estimate of drug-likeness (QED) is 0.825. The average molecular weight is 271 g/mol. The standard InChI is InChI=1S/C9H6F5NO3/c10-8(11)6-5(9(12,13)14)7(18)3(2-15-6)1-4(16)17/h2,8H,1H2,(H,15,18)(H,16,17). The summed E-state index contributed by atoms with van der Waals surface area (Å²) in [7, 11) is 0. The molecule has 100 valence electrons. The second-order valence-corrected chi connectivity index (χ2v) is 3.30. The fourth-order valence-electron chi connectivity index (χ4n) is 1.33. The summed E-state index contributed by atoms with van der Waals surface area (Å²) in [6.07, 6.45) is -9.24. The highest BCUT2D eigenvalue weighted by atomic mass is 19.4. The van der Waals surface area contributed by atoms with E-state index in [4.69, 9.17) is 5.11 Å². The number of pyridine rings is 1. The maximum atomic E-state index is 12.5. The molecule has 0 amide bonds. The van der Waals surface area contributed by atoms with Crippen LogP contribution in [-0.2, 0) is 17.4 Å². The summed E-state index contributed by atoms with van der Waals surface area (Å²) in [5, 5.41) is 8.38. The predicted octanol–water partition coefficient (Wildman–Crippen LogP) is 1.96. The molecule has 1 rings (SSSR count). The molecule has 0 radical (unpaired) electrons. The normalized spacial score (nSPS) is 11.9. The molecule has 0 aliphatic heterocycles. The molecule has 0 spiro atoms. The van der Waals surface area contributed by atoms with Gasteiger partial charge in [-0.15, -0.1) is 0 Å². The fraction of sp³-hybridized carbons (Fsp3) is 0.333.